The molecule has 0 unspecified atom stereocenters. The van der Waals surface area contributed by atoms with Crippen molar-refractivity contribution in [3.63, 3.8) is 0 Å². The summed E-state index contributed by atoms with van der Waals surface area (Å²) in [5.41, 5.74) is 6.22. The molecular formula is C14H29NO2. The summed E-state index contributed by atoms with van der Waals surface area (Å²) >= 11 is 0. The van der Waals surface area contributed by atoms with E-state index in [1.807, 2.05) is 0 Å². The van der Waals surface area contributed by atoms with Gasteiger partial charge in [-0.2, -0.15) is 0 Å². The summed E-state index contributed by atoms with van der Waals surface area (Å²) in [4.78, 5) is 0. The zero-order valence-electron chi connectivity index (χ0n) is 11.8. The van der Waals surface area contributed by atoms with Gasteiger partial charge in [-0.1, -0.05) is 25.7 Å². The van der Waals surface area contributed by atoms with Gasteiger partial charge in [0.1, 0.15) is 0 Å². The van der Waals surface area contributed by atoms with Crippen molar-refractivity contribution in [3.05, 3.63) is 0 Å². The quantitative estimate of drug-likeness (QED) is 0.576. The number of hydrogen-bond donors (Lipinski definition) is 1. The lowest BCUT2D eigenvalue weighted by Crippen LogP contribution is -2.44. The molecule has 1 fully saturated rings. The van der Waals surface area contributed by atoms with E-state index in [2.05, 4.69) is 13.8 Å². The Morgan fingerprint density at radius 3 is 2.24 bits per heavy atom. The van der Waals surface area contributed by atoms with Crippen molar-refractivity contribution in [1.29, 1.82) is 0 Å². The first kappa shape index (κ1) is 14.9. The van der Waals surface area contributed by atoms with Crippen LogP contribution in [0.25, 0.3) is 0 Å². The molecule has 1 aliphatic carbocycles. The molecule has 0 aromatic heterocycles. The van der Waals surface area contributed by atoms with Crippen molar-refractivity contribution < 1.29 is 9.47 Å². The summed E-state index contributed by atoms with van der Waals surface area (Å²) in [7, 11) is 1.75. The van der Waals surface area contributed by atoms with E-state index in [4.69, 9.17) is 15.2 Å². The molecule has 0 aromatic rings. The van der Waals surface area contributed by atoms with Gasteiger partial charge in [0.25, 0.3) is 0 Å². The first-order valence-electron chi connectivity index (χ1n) is 6.89. The maximum absolute atomic E-state index is 6.39. The highest BCUT2D eigenvalue weighted by Gasteiger charge is 2.26. The van der Waals surface area contributed by atoms with Crippen LogP contribution in [0.3, 0.4) is 0 Å². The second kappa shape index (κ2) is 6.72. The predicted octanol–water partition coefficient (Wildman–Crippen LogP) is 2.87. The molecule has 17 heavy (non-hydrogen) atoms. The Morgan fingerprint density at radius 2 is 1.71 bits per heavy atom. The minimum absolute atomic E-state index is 0.0757. The Morgan fingerprint density at radius 1 is 1.12 bits per heavy atom. The molecule has 1 aliphatic rings. The highest BCUT2D eigenvalue weighted by Crippen LogP contribution is 2.25. The number of ether oxygens (including phenoxy) is 2. The lowest BCUT2D eigenvalue weighted by atomic mass is 9.92. The third-order valence-corrected chi connectivity index (χ3v) is 3.89. The molecule has 3 heteroatoms. The third kappa shape index (κ3) is 5.84. The average molecular weight is 243 g/mol. The Labute approximate surface area is 106 Å². The lowest BCUT2D eigenvalue weighted by molar-refractivity contribution is -0.0174. The number of rotatable bonds is 6. The Balaban J connectivity index is 2.20. The van der Waals surface area contributed by atoms with Crippen LogP contribution in [-0.4, -0.2) is 31.5 Å². The van der Waals surface area contributed by atoms with Crippen molar-refractivity contribution >= 4 is 0 Å². The zero-order valence-corrected chi connectivity index (χ0v) is 11.8. The Hall–Kier alpha value is -0.120. The number of hydrogen-bond acceptors (Lipinski definition) is 3. The van der Waals surface area contributed by atoms with Crippen LogP contribution in [0.1, 0.15) is 58.8 Å². The summed E-state index contributed by atoms with van der Waals surface area (Å²) in [5, 5.41) is 0. The summed E-state index contributed by atoms with van der Waals surface area (Å²) < 4.78 is 11.1. The molecule has 0 bridgehead atoms. The minimum atomic E-state index is -0.0920. The maximum atomic E-state index is 6.39. The summed E-state index contributed by atoms with van der Waals surface area (Å²) in [6.07, 6.45) is 8.30. The standard InChI is InChI=1S/C14H29NO2/c1-13(2,16-3)10-11-17-12-14(15)8-6-4-5-7-9-14/h4-12,15H2,1-3H3. The monoisotopic (exact) mass is 243 g/mol. The molecule has 2 N–H and O–H groups in total. The van der Waals surface area contributed by atoms with E-state index in [1.165, 1.54) is 25.7 Å². The first-order chi connectivity index (χ1) is 7.97. The molecule has 0 aliphatic heterocycles. The van der Waals surface area contributed by atoms with Crippen molar-refractivity contribution in [3.8, 4) is 0 Å². The fraction of sp³-hybridized carbons (Fsp3) is 1.00. The van der Waals surface area contributed by atoms with Gasteiger partial charge in [0.2, 0.25) is 0 Å². The fourth-order valence-electron chi connectivity index (χ4n) is 2.27. The van der Waals surface area contributed by atoms with Gasteiger partial charge in [-0.15, -0.1) is 0 Å². The third-order valence-electron chi connectivity index (χ3n) is 3.89. The number of nitrogens with two attached hydrogens (primary N) is 1. The molecule has 0 radical (unpaired) electrons. The molecule has 1 rings (SSSR count). The van der Waals surface area contributed by atoms with Crippen LogP contribution in [0.5, 0.6) is 0 Å². The Kier molecular flexibility index (Phi) is 5.90. The van der Waals surface area contributed by atoms with Gasteiger partial charge >= 0.3 is 0 Å². The van der Waals surface area contributed by atoms with Crippen molar-refractivity contribution in [1.82, 2.24) is 0 Å². The van der Waals surface area contributed by atoms with E-state index in [0.717, 1.165) is 25.9 Å². The van der Waals surface area contributed by atoms with Crippen LogP contribution >= 0.6 is 0 Å². The number of methoxy groups -OCH3 is 1. The smallest absolute Gasteiger partial charge is 0.0646 e. The van der Waals surface area contributed by atoms with Crippen LogP contribution in [0.2, 0.25) is 0 Å². The van der Waals surface area contributed by atoms with E-state index in [0.29, 0.717) is 6.61 Å². The molecule has 0 saturated heterocycles. The van der Waals surface area contributed by atoms with Crippen molar-refractivity contribution in [2.45, 2.75) is 69.9 Å². The molecule has 102 valence electrons. The van der Waals surface area contributed by atoms with Crippen molar-refractivity contribution in [2.75, 3.05) is 20.3 Å². The molecular weight excluding hydrogens is 214 g/mol. The van der Waals surface area contributed by atoms with Crippen LogP contribution < -0.4 is 5.73 Å². The van der Waals surface area contributed by atoms with Crippen molar-refractivity contribution in [2.24, 2.45) is 5.73 Å². The lowest BCUT2D eigenvalue weighted by Gasteiger charge is -2.29. The first-order valence-corrected chi connectivity index (χ1v) is 6.89. The van der Waals surface area contributed by atoms with E-state index in [1.54, 1.807) is 7.11 Å². The molecule has 0 heterocycles. The van der Waals surface area contributed by atoms with E-state index in [-0.39, 0.29) is 11.1 Å². The van der Waals surface area contributed by atoms with Gasteiger partial charge < -0.3 is 15.2 Å². The molecule has 0 atom stereocenters. The van der Waals surface area contributed by atoms with Crippen LogP contribution in [0, 0.1) is 0 Å². The summed E-state index contributed by atoms with van der Waals surface area (Å²) in [6, 6.07) is 0. The highest BCUT2D eigenvalue weighted by molar-refractivity contribution is 4.85. The van der Waals surface area contributed by atoms with E-state index >= 15 is 0 Å². The van der Waals surface area contributed by atoms with Crippen LogP contribution in [0.4, 0.5) is 0 Å². The summed E-state index contributed by atoms with van der Waals surface area (Å²) in [5.74, 6) is 0. The Bertz CT molecular complexity index is 208. The van der Waals surface area contributed by atoms with Gasteiger partial charge in [-0.3, -0.25) is 0 Å². The maximum Gasteiger partial charge on any atom is 0.0646 e. The van der Waals surface area contributed by atoms with Gasteiger partial charge in [0.15, 0.2) is 0 Å². The summed E-state index contributed by atoms with van der Waals surface area (Å²) in [6.45, 7) is 5.60. The second-order valence-corrected chi connectivity index (χ2v) is 6.04. The molecule has 0 aromatic carbocycles. The predicted molar refractivity (Wildman–Crippen MR) is 71.1 cm³/mol. The molecule has 0 spiro atoms. The largest absolute Gasteiger partial charge is 0.379 e. The van der Waals surface area contributed by atoms with Gasteiger partial charge in [0.05, 0.1) is 12.2 Å². The SMILES string of the molecule is COC(C)(C)CCOCC1(N)CCCCCC1. The van der Waals surface area contributed by atoms with Crippen LogP contribution in [0.15, 0.2) is 0 Å². The normalized spacial score (nSPS) is 21.2. The van der Waals surface area contributed by atoms with Gasteiger partial charge in [0, 0.05) is 19.3 Å². The van der Waals surface area contributed by atoms with Gasteiger partial charge in [-0.05, 0) is 33.1 Å². The highest BCUT2D eigenvalue weighted by atomic mass is 16.5. The topological polar surface area (TPSA) is 44.5 Å². The average Bonchev–Trinajstić information content (AvgIpc) is 2.50. The van der Waals surface area contributed by atoms with E-state index in [9.17, 15) is 0 Å². The zero-order chi connectivity index (χ0) is 12.8. The molecule has 1 saturated carbocycles. The van der Waals surface area contributed by atoms with Gasteiger partial charge in [-0.25, -0.2) is 0 Å². The minimum Gasteiger partial charge on any atom is -0.379 e. The second-order valence-electron chi connectivity index (χ2n) is 6.04. The fourth-order valence-corrected chi connectivity index (χ4v) is 2.27. The molecule has 0 amide bonds. The van der Waals surface area contributed by atoms with Crippen LogP contribution in [-0.2, 0) is 9.47 Å². The van der Waals surface area contributed by atoms with E-state index < -0.39 is 0 Å². The molecule has 3 nitrogen and oxygen atoms in total.